The van der Waals surface area contributed by atoms with Crippen molar-refractivity contribution in [2.24, 2.45) is 0 Å². The van der Waals surface area contributed by atoms with E-state index in [1.165, 1.54) is 16.3 Å². The van der Waals surface area contributed by atoms with Crippen molar-refractivity contribution in [2.75, 3.05) is 69.8 Å². The van der Waals surface area contributed by atoms with Crippen LogP contribution in [0.3, 0.4) is 0 Å². The van der Waals surface area contributed by atoms with Crippen molar-refractivity contribution in [1.82, 2.24) is 5.32 Å². The molecule has 6 heteroatoms. The summed E-state index contributed by atoms with van der Waals surface area (Å²) in [4.78, 5) is 18.2. The molecule has 1 fully saturated rings. The molecular weight excluding hydrogens is 364 g/mol. The number of methoxy groups -OCH3 is 1. The topological polar surface area (TPSA) is 49.3 Å². The van der Waals surface area contributed by atoms with Crippen molar-refractivity contribution in [2.45, 2.75) is 6.42 Å². The minimum absolute atomic E-state index is 0.153. The number of para-hydroxylation sites is 1. The zero-order valence-electron chi connectivity index (χ0n) is 17.6. The first-order valence-electron chi connectivity index (χ1n) is 10.4. The van der Waals surface area contributed by atoms with Gasteiger partial charge in [-0.05, 0) is 42.8 Å². The average molecular weight is 398 g/mol. The summed E-state index contributed by atoms with van der Waals surface area (Å²) in [5.74, 6) is 1.03. The van der Waals surface area contributed by atoms with Gasteiger partial charge in [0.15, 0.2) is 6.54 Å². The first kappa shape index (κ1) is 21.0. The smallest absolute Gasteiger partial charge is 0.275 e. The number of benzene rings is 2. The predicted octanol–water partition coefficient (Wildman–Crippen LogP) is 1.04. The Labute approximate surface area is 174 Å². The van der Waals surface area contributed by atoms with E-state index in [1.807, 2.05) is 30.3 Å². The molecule has 0 bridgehead atoms. The number of rotatable bonds is 9. The van der Waals surface area contributed by atoms with E-state index in [2.05, 4.69) is 46.4 Å². The molecule has 1 aliphatic rings. The lowest BCUT2D eigenvalue weighted by Gasteiger charge is -2.33. The lowest BCUT2D eigenvalue weighted by molar-refractivity contribution is -0.892. The molecule has 2 aromatic carbocycles. The maximum Gasteiger partial charge on any atom is 0.275 e. The van der Waals surface area contributed by atoms with E-state index in [9.17, 15) is 4.79 Å². The van der Waals surface area contributed by atoms with Gasteiger partial charge in [0.1, 0.15) is 5.75 Å². The zero-order chi connectivity index (χ0) is 20.5. The van der Waals surface area contributed by atoms with Gasteiger partial charge in [-0.15, -0.1) is 0 Å². The monoisotopic (exact) mass is 397 g/mol. The number of ether oxygens (including phenoxy) is 1. The fourth-order valence-electron chi connectivity index (χ4n) is 3.70. The summed E-state index contributed by atoms with van der Waals surface area (Å²) in [5.41, 5.74) is 2.43. The van der Waals surface area contributed by atoms with Crippen LogP contribution in [0.15, 0.2) is 54.6 Å². The standard InChI is InChI=1S/C23H32N4O2/c1-25(20-7-4-3-5-8-20)14-6-13-24-23(28)19-26-15-17-27(18-16-26)21-9-11-22(29-2)12-10-21/h3-5,7-12H,6,13-19H2,1-2H3,(H,24,28)/p+1. The number of anilines is 2. The molecule has 1 heterocycles. The van der Waals surface area contributed by atoms with E-state index in [0.717, 1.165) is 51.4 Å². The van der Waals surface area contributed by atoms with Gasteiger partial charge in [-0.1, -0.05) is 18.2 Å². The third kappa shape index (κ3) is 6.39. The van der Waals surface area contributed by atoms with Crippen LogP contribution in [-0.4, -0.2) is 65.9 Å². The second-order valence-electron chi connectivity index (χ2n) is 7.57. The number of carbonyl (C=O) groups excluding carboxylic acids is 1. The number of hydrogen-bond acceptors (Lipinski definition) is 4. The predicted molar refractivity (Wildman–Crippen MR) is 118 cm³/mol. The van der Waals surface area contributed by atoms with Crippen LogP contribution in [0, 0.1) is 0 Å². The Kier molecular flexibility index (Phi) is 7.76. The van der Waals surface area contributed by atoms with Gasteiger partial charge in [0, 0.05) is 31.5 Å². The van der Waals surface area contributed by atoms with Crippen LogP contribution in [0.2, 0.25) is 0 Å². The van der Waals surface area contributed by atoms with Crippen LogP contribution in [0.5, 0.6) is 5.75 Å². The fourth-order valence-corrected chi connectivity index (χ4v) is 3.70. The lowest BCUT2D eigenvalue weighted by Crippen LogP contribution is -3.15. The molecule has 0 unspecified atom stereocenters. The maximum atomic E-state index is 12.3. The number of nitrogens with zero attached hydrogens (tertiary/aromatic N) is 2. The van der Waals surface area contributed by atoms with E-state index in [1.54, 1.807) is 7.11 Å². The Morgan fingerprint density at radius 1 is 1.10 bits per heavy atom. The SMILES string of the molecule is COc1ccc(N2CC[NH+](CC(=O)NCCCN(C)c3ccccc3)CC2)cc1. The van der Waals surface area contributed by atoms with Crippen LogP contribution >= 0.6 is 0 Å². The minimum atomic E-state index is 0.153. The molecule has 0 spiro atoms. The maximum absolute atomic E-state index is 12.3. The summed E-state index contributed by atoms with van der Waals surface area (Å²) in [6, 6.07) is 18.5. The lowest BCUT2D eigenvalue weighted by atomic mass is 10.2. The number of amides is 1. The molecule has 1 aliphatic heterocycles. The summed E-state index contributed by atoms with van der Waals surface area (Å²) in [7, 11) is 3.77. The number of hydrogen-bond donors (Lipinski definition) is 2. The molecule has 29 heavy (non-hydrogen) atoms. The van der Waals surface area contributed by atoms with Crippen LogP contribution < -0.4 is 24.8 Å². The van der Waals surface area contributed by atoms with Crippen LogP contribution in [0.4, 0.5) is 11.4 Å². The second kappa shape index (κ2) is 10.7. The number of carbonyl (C=O) groups is 1. The van der Waals surface area contributed by atoms with Crippen molar-refractivity contribution < 1.29 is 14.4 Å². The highest BCUT2D eigenvalue weighted by Gasteiger charge is 2.22. The Morgan fingerprint density at radius 2 is 1.79 bits per heavy atom. The quantitative estimate of drug-likeness (QED) is 0.621. The van der Waals surface area contributed by atoms with Crippen molar-refractivity contribution in [3.8, 4) is 5.75 Å². The van der Waals surface area contributed by atoms with Gasteiger partial charge >= 0.3 is 0 Å². The first-order chi connectivity index (χ1) is 14.2. The van der Waals surface area contributed by atoms with E-state index >= 15 is 0 Å². The molecule has 0 aromatic heterocycles. The van der Waals surface area contributed by atoms with Gasteiger partial charge in [-0.3, -0.25) is 4.79 Å². The molecule has 0 aliphatic carbocycles. The van der Waals surface area contributed by atoms with E-state index in [4.69, 9.17) is 4.74 Å². The van der Waals surface area contributed by atoms with Gasteiger partial charge in [-0.2, -0.15) is 0 Å². The van der Waals surface area contributed by atoms with Crippen LogP contribution in [-0.2, 0) is 4.79 Å². The average Bonchev–Trinajstić information content (AvgIpc) is 2.78. The van der Waals surface area contributed by atoms with Gasteiger partial charge in [0.25, 0.3) is 5.91 Å². The third-order valence-corrected chi connectivity index (χ3v) is 5.51. The molecule has 2 aromatic rings. The van der Waals surface area contributed by atoms with Crippen molar-refractivity contribution in [1.29, 1.82) is 0 Å². The highest BCUT2D eigenvalue weighted by molar-refractivity contribution is 5.76. The normalized spacial score (nSPS) is 14.5. The zero-order valence-corrected chi connectivity index (χ0v) is 17.6. The Morgan fingerprint density at radius 3 is 2.45 bits per heavy atom. The molecule has 0 radical (unpaired) electrons. The Hall–Kier alpha value is -2.73. The highest BCUT2D eigenvalue weighted by atomic mass is 16.5. The van der Waals surface area contributed by atoms with E-state index in [0.29, 0.717) is 6.54 Å². The van der Waals surface area contributed by atoms with Gasteiger partial charge in [0.05, 0.1) is 33.3 Å². The third-order valence-electron chi connectivity index (χ3n) is 5.51. The summed E-state index contributed by atoms with van der Waals surface area (Å²) in [6.07, 6.45) is 0.942. The molecule has 6 nitrogen and oxygen atoms in total. The summed E-state index contributed by atoms with van der Waals surface area (Å²) in [5, 5.41) is 3.08. The van der Waals surface area contributed by atoms with Gasteiger partial charge in [-0.25, -0.2) is 0 Å². The summed E-state index contributed by atoms with van der Waals surface area (Å²) < 4.78 is 5.22. The molecule has 3 rings (SSSR count). The van der Waals surface area contributed by atoms with Crippen molar-refractivity contribution in [3.63, 3.8) is 0 Å². The molecule has 0 atom stereocenters. The summed E-state index contributed by atoms with van der Waals surface area (Å²) >= 11 is 0. The molecule has 156 valence electrons. The largest absolute Gasteiger partial charge is 0.497 e. The number of quaternary nitrogens is 1. The Bertz CT molecular complexity index is 743. The van der Waals surface area contributed by atoms with Gasteiger partial charge < -0.3 is 24.8 Å². The Balaban J connectivity index is 1.31. The molecule has 2 N–H and O–H groups in total. The molecule has 1 amide bonds. The second-order valence-corrected chi connectivity index (χ2v) is 7.57. The number of nitrogens with one attached hydrogen (secondary N) is 2. The summed E-state index contributed by atoms with van der Waals surface area (Å²) in [6.45, 7) is 6.12. The molecule has 1 saturated heterocycles. The van der Waals surface area contributed by atoms with E-state index < -0.39 is 0 Å². The van der Waals surface area contributed by atoms with Crippen LogP contribution in [0.1, 0.15) is 6.42 Å². The minimum Gasteiger partial charge on any atom is -0.497 e. The van der Waals surface area contributed by atoms with Crippen LogP contribution in [0.25, 0.3) is 0 Å². The molecular formula is C23H33N4O2+. The first-order valence-corrected chi connectivity index (χ1v) is 10.4. The van der Waals surface area contributed by atoms with Crippen molar-refractivity contribution in [3.05, 3.63) is 54.6 Å². The van der Waals surface area contributed by atoms with Gasteiger partial charge in [0.2, 0.25) is 0 Å². The molecule has 0 saturated carbocycles. The number of piperazine rings is 1. The van der Waals surface area contributed by atoms with E-state index in [-0.39, 0.29) is 5.91 Å². The highest BCUT2D eigenvalue weighted by Crippen LogP contribution is 2.18. The van der Waals surface area contributed by atoms with Crippen molar-refractivity contribution >= 4 is 17.3 Å². The fraction of sp³-hybridized carbons (Fsp3) is 0.435.